The van der Waals surface area contributed by atoms with Gasteiger partial charge in [-0.3, -0.25) is 4.98 Å². The van der Waals surface area contributed by atoms with Crippen LogP contribution in [0.2, 0.25) is 0 Å². The molecule has 1 aliphatic carbocycles. The second-order valence-electron chi connectivity index (χ2n) is 6.98. The minimum Gasteiger partial charge on any atom is -0.440 e. The lowest BCUT2D eigenvalue weighted by Gasteiger charge is -2.17. The summed E-state index contributed by atoms with van der Waals surface area (Å²) in [5, 5.41) is 0. The summed E-state index contributed by atoms with van der Waals surface area (Å²) in [5.74, 6) is 1.58. The number of rotatable bonds is 3. The molecule has 1 aromatic carbocycles. The first-order valence-electron chi connectivity index (χ1n) is 9.06. The van der Waals surface area contributed by atoms with Gasteiger partial charge in [-0.1, -0.05) is 12.1 Å². The molecule has 0 saturated heterocycles. The van der Waals surface area contributed by atoms with Gasteiger partial charge in [0.05, 0.1) is 5.69 Å². The Hall–Kier alpha value is -2.53. The minimum absolute atomic E-state index is 0.174. The molecule has 4 rings (SSSR count). The molecule has 2 heterocycles. The summed E-state index contributed by atoms with van der Waals surface area (Å²) in [4.78, 5) is 8.95. The van der Waals surface area contributed by atoms with E-state index in [2.05, 4.69) is 9.97 Å². The van der Waals surface area contributed by atoms with Crippen molar-refractivity contribution in [2.24, 2.45) is 5.73 Å². The van der Waals surface area contributed by atoms with Crippen molar-refractivity contribution in [2.45, 2.75) is 44.6 Å². The number of oxazole rings is 1. The lowest BCUT2D eigenvalue weighted by atomic mass is 9.89. The molecule has 5 heteroatoms. The Morgan fingerprint density at radius 3 is 2.81 bits per heavy atom. The molecule has 134 valence electrons. The number of benzene rings is 1. The van der Waals surface area contributed by atoms with Crippen LogP contribution in [0.1, 0.15) is 54.3 Å². The topological polar surface area (TPSA) is 64.9 Å². The predicted molar refractivity (Wildman–Crippen MR) is 98.1 cm³/mol. The molecule has 0 radical (unpaired) electrons. The average Bonchev–Trinajstić information content (AvgIpc) is 2.95. The predicted octanol–water partition coefficient (Wildman–Crippen LogP) is 4.56. The smallest absolute Gasteiger partial charge is 0.245 e. The quantitative estimate of drug-likeness (QED) is 0.703. The van der Waals surface area contributed by atoms with Gasteiger partial charge in [-0.15, -0.1) is 0 Å². The summed E-state index contributed by atoms with van der Waals surface area (Å²) in [7, 11) is 0. The van der Waals surface area contributed by atoms with E-state index in [1.54, 1.807) is 12.3 Å². The Kier molecular flexibility index (Phi) is 4.55. The molecule has 26 heavy (non-hydrogen) atoms. The summed E-state index contributed by atoms with van der Waals surface area (Å²) in [5.41, 5.74) is 9.55. The molecule has 0 amide bonds. The third-order valence-corrected chi connectivity index (χ3v) is 5.05. The number of nitrogens with two attached hydrogens (primary N) is 1. The Morgan fingerprint density at radius 2 is 2.04 bits per heavy atom. The summed E-state index contributed by atoms with van der Waals surface area (Å²) in [6.45, 7) is 1.88. The van der Waals surface area contributed by atoms with Gasteiger partial charge in [0, 0.05) is 18.7 Å². The number of aryl methyl sites for hydroxylation is 2. The lowest BCUT2D eigenvalue weighted by molar-refractivity contribution is 0.495. The van der Waals surface area contributed by atoms with Crippen molar-refractivity contribution >= 4 is 0 Å². The number of aromatic nitrogens is 2. The van der Waals surface area contributed by atoms with Crippen LogP contribution in [0.5, 0.6) is 0 Å². The van der Waals surface area contributed by atoms with Crippen LogP contribution in [-0.2, 0) is 12.8 Å². The number of fused-ring (bicyclic) bond motifs is 1. The fourth-order valence-electron chi connectivity index (χ4n) is 3.60. The van der Waals surface area contributed by atoms with E-state index in [-0.39, 0.29) is 17.8 Å². The standard InChI is InChI=1S/C21H22FN3O/c1-13(23)15-10-16(12-17(22)11-15)14-5-7-18-20(8-6-14)26-21(25-18)19-4-2-3-9-24-19/h2-4,9-14H,5-8,23H2,1H3. The first-order chi connectivity index (χ1) is 12.6. The number of pyridine rings is 1. The zero-order chi connectivity index (χ0) is 18.1. The molecule has 2 aromatic heterocycles. The van der Waals surface area contributed by atoms with E-state index >= 15 is 0 Å². The molecular weight excluding hydrogens is 329 g/mol. The highest BCUT2D eigenvalue weighted by atomic mass is 19.1. The SMILES string of the molecule is CC(N)c1cc(F)cc(C2CCc3nc(-c4ccccn4)oc3CC2)c1. The molecule has 0 aliphatic heterocycles. The second-order valence-corrected chi connectivity index (χ2v) is 6.98. The molecule has 0 fully saturated rings. The molecule has 0 spiro atoms. The highest BCUT2D eigenvalue weighted by Gasteiger charge is 2.24. The Bertz CT molecular complexity index is 879. The zero-order valence-electron chi connectivity index (χ0n) is 14.8. The first-order valence-corrected chi connectivity index (χ1v) is 9.06. The van der Waals surface area contributed by atoms with E-state index in [0.29, 0.717) is 5.89 Å². The number of nitrogens with zero attached hydrogens (tertiary/aromatic N) is 2. The zero-order valence-corrected chi connectivity index (χ0v) is 14.8. The van der Waals surface area contributed by atoms with Gasteiger partial charge >= 0.3 is 0 Å². The van der Waals surface area contributed by atoms with Crippen LogP contribution in [-0.4, -0.2) is 9.97 Å². The van der Waals surface area contributed by atoms with Gasteiger partial charge in [0.15, 0.2) is 0 Å². The fourth-order valence-corrected chi connectivity index (χ4v) is 3.60. The normalized spacial score (nSPS) is 18.2. The minimum atomic E-state index is -0.216. The monoisotopic (exact) mass is 351 g/mol. The maximum Gasteiger partial charge on any atom is 0.245 e. The van der Waals surface area contributed by atoms with Gasteiger partial charge < -0.3 is 10.2 Å². The Morgan fingerprint density at radius 1 is 1.19 bits per heavy atom. The van der Waals surface area contributed by atoms with Gasteiger partial charge in [0.25, 0.3) is 0 Å². The number of halogens is 1. The third kappa shape index (κ3) is 3.40. The summed E-state index contributed by atoms with van der Waals surface area (Å²) >= 11 is 0. The molecular formula is C21H22FN3O. The largest absolute Gasteiger partial charge is 0.440 e. The maximum absolute atomic E-state index is 14.0. The molecule has 2 N–H and O–H groups in total. The van der Waals surface area contributed by atoms with Crippen LogP contribution in [0.4, 0.5) is 4.39 Å². The van der Waals surface area contributed by atoms with Crippen LogP contribution in [0, 0.1) is 5.82 Å². The van der Waals surface area contributed by atoms with Crippen LogP contribution < -0.4 is 5.73 Å². The maximum atomic E-state index is 14.0. The lowest BCUT2D eigenvalue weighted by Crippen LogP contribution is -2.08. The average molecular weight is 351 g/mol. The second kappa shape index (κ2) is 7.00. The number of hydrogen-bond acceptors (Lipinski definition) is 4. The van der Waals surface area contributed by atoms with E-state index in [9.17, 15) is 4.39 Å². The molecule has 2 unspecified atom stereocenters. The highest BCUT2D eigenvalue weighted by molar-refractivity contribution is 5.47. The first kappa shape index (κ1) is 16.9. The van der Waals surface area contributed by atoms with Crippen molar-refractivity contribution in [3.63, 3.8) is 0 Å². The van der Waals surface area contributed by atoms with Gasteiger partial charge in [-0.2, -0.15) is 0 Å². The van der Waals surface area contributed by atoms with Crippen molar-refractivity contribution in [1.29, 1.82) is 0 Å². The van der Waals surface area contributed by atoms with E-state index in [1.165, 1.54) is 6.07 Å². The van der Waals surface area contributed by atoms with Crippen molar-refractivity contribution < 1.29 is 8.81 Å². The van der Waals surface area contributed by atoms with Gasteiger partial charge in [-0.25, -0.2) is 9.37 Å². The van der Waals surface area contributed by atoms with Crippen molar-refractivity contribution in [3.05, 3.63) is 71.0 Å². The van der Waals surface area contributed by atoms with Crippen molar-refractivity contribution in [3.8, 4) is 11.6 Å². The van der Waals surface area contributed by atoms with Crippen LogP contribution in [0.3, 0.4) is 0 Å². The van der Waals surface area contributed by atoms with E-state index < -0.39 is 0 Å². The Balaban J connectivity index is 1.55. The van der Waals surface area contributed by atoms with Crippen LogP contribution in [0.15, 0.2) is 47.0 Å². The molecule has 0 saturated carbocycles. The van der Waals surface area contributed by atoms with Gasteiger partial charge in [-0.05, 0) is 67.5 Å². The van der Waals surface area contributed by atoms with E-state index in [4.69, 9.17) is 10.2 Å². The summed E-state index contributed by atoms with van der Waals surface area (Å²) < 4.78 is 20.0. The number of hydrogen-bond donors (Lipinski definition) is 1. The molecule has 1 aliphatic rings. The van der Waals surface area contributed by atoms with Gasteiger partial charge in [0.2, 0.25) is 5.89 Å². The Labute approximate surface area is 152 Å². The fraction of sp³-hybridized carbons (Fsp3) is 0.333. The van der Waals surface area contributed by atoms with E-state index in [1.807, 2.05) is 31.2 Å². The summed E-state index contributed by atoms with van der Waals surface area (Å²) in [6.07, 6.45) is 5.18. The molecule has 2 atom stereocenters. The van der Waals surface area contributed by atoms with Crippen LogP contribution >= 0.6 is 0 Å². The molecule has 4 nitrogen and oxygen atoms in total. The summed E-state index contributed by atoms with van der Waals surface area (Å²) in [6, 6.07) is 10.7. The van der Waals surface area contributed by atoms with Crippen molar-refractivity contribution in [1.82, 2.24) is 9.97 Å². The van der Waals surface area contributed by atoms with Crippen LogP contribution in [0.25, 0.3) is 11.6 Å². The third-order valence-electron chi connectivity index (χ3n) is 5.05. The van der Waals surface area contributed by atoms with Crippen molar-refractivity contribution in [2.75, 3.05) is 0 Å². The van der Waals surface area contributed by atoms with Gasteiger partial charge in [0.1, 0.15) is 17.3 Å². The highest BCUT2D eigenvalue weighted by Crippen LogP contribution is 2.34. The molecule has 0 bridgehead atoms. The van der Waals surface area contributed by atoms with E-state index in [0.717, 1.165) is 54.0 Å². The molecule has 3 aromatic rings.